The lowest BCUT2D eigenvalue weighted by Gasteiger charge is -2.34. The summed E-state index contributed by atoms with van der Waals surface area (Å²) in [5, 5.41) is 1.08. The molecule has 1 aromatic carbocycles. The monoisotopic (exact) mass is 349 g/mol. The highest BCUT2D eigenvalue weighted by Crippen LogP contribution is 2.39. The highest BCUT2D eigenvalue weighted by atomic mass is 15.3. The van der Waals surface area contributed by atoms with Crippen LogP contribution in [0.1, 0.15) is 32.4 Å². The maximum atomic E-state index is 4.59. The molecule has 4 rings (SSSR count). The van der Waals surface area contributed by atoms with Crippen LogP contribution in [0, 0.1) is 5.41 Å². The van der Waals surface area contributed by atoms with Crippen LogP contribution in [-0.4, -0.2) is 46.0 Å². The molecule has 0 aliphatic carbocycles. The van der Waals surface area contributed by atoms with E-state index in [-0.39, 0.29) is 5.41 Å². The third-order valence-electron chi connectivity index (χ3n) is 5.88. The SMILES string of the molecule is CC(c1ccccc1)N1C[C@H](N(C)c2ncnc3[nH]ccc23)C(C)(C)C1. The summed E-state index contributed by atoms with van der Waals surface area (Å²) in [5.41, 5.74) is 2.44. The lowest BCUT2D eigenvalue weighted by molar-refractivity contribution is 0.232. The van der Waals surface area contributed by atoms with Gasteiger partial charge < -0.3 is 9.88 Å². The second-order valence-corrected chi connectivity index (χ2v) is 8.07. The fourth-order valence-corrected chi connectivity index (χ4v) is 4.33. The van der Waals surface area contributed by atoms with Crippen LogP contribution in [0.2, 0.25) is 0 Å². The smallest absolute Gasteiger partial charge is 0.142 e. The summed E-state index contributed by atoms with van der Waals surface area (Å²) in [4.78, 5) is 17.0. The number of hydrogen-bond acceptors (Lipinski definition) is 4. The van der Waals surface area contributed by atoms with Gasteiger partial charge in [0.05, 0.1) is 5.39 Å². The number of aromatic nitrogens is 3. The third kappa shape index (κ3) is 2.86. The molecule has 1 N–H and O–H groups in total. The molecule has 3 heterocycles. The maximum absolute atomic E-state index is 4.59. The van der Waals surface area contributed by atoms with Crippen molar-refractivity contribution in [2.24, 2.45) is 5.41 Å². The number of anilines is 1. The molecule has 1 unspecified atom stereocenters. The van der Waals surface area contributed by atoms with Crippen molar-refractivity contribution in [3.63, 3.8) is 0 Å². The van der Waals surface area contributed by atoms with Gasteiger partial charge in [0.15, 0.2) is 0 Å². The number of fused-ring (bicyclic) bond motifs is 1. The molecule has 3 aromatic rings. The predicted octanol–water partition coefficient (Wildman–Crippen LogP) is 3.87. The van der Waals surface area contributed by atoms with E-state index in [0.717, 1.165) is 29.9 Å². The van der Waals surface area contributed by atoms with Crippen LogP contribution in [0.5, 0.6) is 0 Å². The molecule has 26 heavy (non-hydrogen) atoms. The maximum Gasteiger partial charge on any atom is 0.142 e. The number of H-pyrrole nitrogens is 1. The average molecular weight is 349 g/mol. The normalized spacial score (nSPS) is 21.2. The predicted molar refractivity (Wildman–Crippen MR) is 106 cm³/mol. The van der Waals surface area contributed by atoms with Gasteiger partial charge in [-0.1, -0.05) is 44.2 Å². The first-order chi connectivity index (χ1) is 12.5. The van der Waals surface area contributed by atoms with Crippen LogP contribution in [0.3, 0.4) is 0 Å². The third-order valence-corrected chi connectivity index (χ3v) is 5.88. The van der Waals surface area contributed by atoms with E-state index in [9.17, 15) is 0 Å². The summed E-state index contributed by atoms with van der Waals surface area (Å²) in [5.74, 6) is 1.00. The molecule has 136 valence electrons. The molecule has 0 amide bonds. The lowest BCUT2D eigenvalue weighted by atomic mass is 9.87. The van der Waals surface area contributed by atoms with Gasteiger partial charge in [-0.15, -0.1) is 0 Å². The largest absolute Gasteiger partial charge is 0.354 e. The van der Waals surface area contributed by atoms with Crippen molar-refractivity contribution >= 4 is 16.9 Å². The van der Waals surface area contributed by atoms with E-state index in [2.05, 4.69) is 89.0 Å². The number of likely N-dealkylation sites (N-methyl/N-ethyl adjacent to an activating group) is 1. The molecule has 1 saturated heterocycles. The van der Waals surface area contributed by atoms with Gasteiger partial charge in [0.1, 0.15) is 17.8 Å². The first-order valence-electron chi connectivity index (χ1n) is 9.27. The Morgan fingerprint density at radius 1 is 1.19 bits per heavy atom. The zero-order valence-electron chi connectivity index (χ0n) is 16.0. The minimum Gasteiger partial charge on any atom is -0.354 e. The summed E-state index contributed by atoms with van der Waals surface area (Å²) in [6.45, 7) is 9.13. The van der Waals surface area contributed by atoms with E-state index in [4.69, 9.17) is 0 Å². The van der Waals surface area contributed by atoms with Gasteiger partial charge in [0, 0.05) is 38.4 Å². The van der Waals surface area contributed by atoms with Gasteiger partial charge in [-0.2, -0.15) is 0 Å². The summed E-state index contributed by atoms with van der Waals surface area (Å²) < 4.78 is 0. The number of nitrogens with one attached hydrogen (secondary N) is 1. The number of rotatable bonds is 4. The van der Waals surface area contributed by atoms with Crippen LogP contribution < -0.4 is 4.90 Å². The Bertz CT molecular complexity index is 886. The van der Waals surface area contributed by atoms with Gasteiger partial charge in [0.2, 0.25) is 0 Å². The Morgan fingerprint density at radius 2 is 1.96 bits per heavy atom. The highest BCUT2D eigenvalue weighted by Gasteiger charge is 2.43. The molecule has 1 aliphatic rings. The number of benzene rings is 1. The molecule has 2 atom stereocenters. The van der Waals surface area contributed by atoms with E-state index in [0.29, 0.717) is 12.1 Å². The van der Waals surface area contributed by atoms with Crippen molar-refractivity contribution in [1.82, 2.24) is 19.9 Å². The molecular formula is C21H27N5. The van der Waals surface area contributed by atoms with Crippen molar-refractivity contribution in [2.75, 3.05) is 25.0 Å². The van der Waals surface area contributed by atoms with Gasteiger partial charge in [-0.05, 0) is 24.0 Å². The van der Waals surface area contributed by atoms with Crippen LogP contribution in [0.25, 0.3) is 11.0 Å². The second-order valence-electron chi connectivity index (χ2n) is 8.07. The summed E-state index contributed by atoms with van der Waals surface area (Å²) in [6.07, 6.45) is 3.58. The van der Waals surface area contributed by atoms with Crippen molar-refractivity contribution < 1.29 is 0 Å². The second kappa shape index (κ2) is 6.40. The van der Waals surface area contributed by atoms with Crippen molar-refractivity contribution in [2.45, 2.75) is 32.9 Å². The molecule has 5 heteroatoms. The lowest BCUT2D eigenvalue weighted by Crippen LogP contribution is -2.43. The fraction of sp³-hybridized carbons (Fsp3) is 0.429. The molecule has 1 fully saturated rings. The van der Waals surface area contributed by atoms with Crippen molar-refractivity contribution in [3.8, 4) is 0 Å². The molecule has 2 aromatic heterocycles. The molecule has 1 aliphatic heterocycles. The Kier molecular flexibility index (Phi) is 4.19. The van der Waals surface area contributed by atoms with Gasteiger partial charge in [0.25, 0.3) is 0 Å². The number of likely N-dealkylation sites (tertiary alicyclic amines) is 1. The summed E-state index contributed by atoms with van der Waals surface area (Å²) in [6, 6.07) is 13.6. The van der Waals surface area contributed by atoms with Gasteiger partial charge >= 0.3 is 0 Å². The Morgan fingerprint density at radius 3 is 2.73 bits per heavy atom. The summed E-state index contributed by atoms with van der Waals surface area (Å²) in [7, 11) is 2.16. The topological polar surface area (TPSA) is 48.1 Å². The zero-order valence-corrected chi connectivity index (χ0v) is 16.0. The molecule has 0 saturated carbocycles. The van der Waals surface area contributed by atoms with Crippen molar-refractivity contribution in [3.05, 3.63) is 54.5 Å². The van der Waals surface area contributed by atoms with E-state index in [1.54, 1.807) is 6.33 Å². The minimum atomic E-state index is 0.172. The Labute approximate surface area is 155 Å². The average Bonchev–Trinajstić information content (AvgIpc) is 3.24. The number of hydrogen-bond donors (Lipinski definition) is 1. The minimum absolute atomic E-state index is 0.172. The molecule has 5 nitrogen and oxygen atoms in total. The zero-order chi connectivity index (χ0) is 18.3. The van der Waals surface area contributed by atoms with Gasteiger partial charge in [-0.3, -0.25) is 4.90 Å². The first kappa shape index (κ1) is 17.0. The van der Waals surface area contributed by atoms with Crippen LogP contribution in [0.15, 0.2) is 48.9 Å². The van der Waals surface area contributed by atoms with E-state index in [1.807, 2.05) is 6.20 Å². The Balaban J connectivity index is 1.61. The fourth-order valence-electron chi connectivity index (χ4n) is 4.33. The van der Waals surface area contributed by atoms with E-state index in [1.165, 1.54) is 5.56 Å². The molecular weight excluding hydrogens is 322 g/mol. The summed E-state index contributed by atoms with van der Waals surface area (Å²) >= 11 is 0. The molecule has 0 spiro atoms. The first-order valence-corrected chi connectivity index (χ1v) is 9.27. The molecule has 0 bridgehead atoms. The van der Waals surface area contributed by atoms with Crippen LogP contribution in [-0.2, 0) is 0 Å². The van der Waals surface area contributed by atoms with E-state index >= 15 is 0 Å². The van der Waals surface area contributed by atoms with Crippen LogP contribution >= 0.6 is 0 Å². The van der Waals surface area contributed by atoms with E-state index < -0.39 is 0 Å². The van der Waals surface area contributed by atoms with Crippen LogP contribution in [0.4, 0.5) is 5.82 Å². The van der Waals surface area contributed by atoms with Crippen molar-refractivity contribution in [1.29, 1.82) is 0 Å². The number of aromatic amines is 1. The quantitative estimate of drug-likeness (QED) is 0.777. The number of nitrogens with zero attached hydrogens (tertiary/aromatic N) is 4. The van der Waals surface area contributed by atoms with Gasteiger partial charge in [-0.25, -0.2) is 9.97 Å². The molecule has 0 radical (unpaired) electrons. The highest BCUT2D eigenvalue weighted by molar-refractivity contribution is 5.87. The Hall–Kier alpha value is -2.40. The standard InChI is InChI=1S/C21H27N5/c1-15(16-8-6-5-7-9-16)26-12-18(21(2,3)13-26)25(4)20-17-10-11-22-19(17)23-14-24-20/h5-11,14-15,18H,12-13H2,1-4H3,(H,22,23,24)/t15?,18-/m0/s1.